The molecule has 18 heavy (non-hydrogen) atoms. The standard InChI is InChI=1S/C14H13FN2S/c15-13-6-11(7-14(17)12(13)8-16)18-9-10-4-2-1-3-5-10/h1-8,16H,9,17H2. The van der Waals surface area contributed by atoms with E-state index in [0.717, 1.165) is 16.9 Å². The smallest absolute Gasteiger partial charge is 0.135 e. The molecular formula is C14H13FN2S. The van der Waals surface area contributed by atoms with Gasteiger partial charge >= 0.3 is 0 Å². The van der Waals surface area contributed by atoms with Crippen molar-refractivity contribution < 1.29 is 4.39 Å². The Hall–Kier alpha value is -1.81. The Morgan fingerprint density at radius 1 is 1.22 bits per heavy atom. The molecule has 2 rings (SSSR count). The molecule has 92 valence electrons. The van der Waals surface area contributed by atoms with Crippen LogP contribution in [0.4, 0.5) is 10.1 Å². The van der Waals surface area contributed by atoms with Crippen molar-refractivity contribution in [2.24, 2.45) is 0 Å². The van der Waals surface area contributed by atoms with E-state index >= 15 is 0 Å². The Labute approximate surface area is 110 Å². The fourth-order valence-electron chi connectivity index (χ4n) is 1.59. The van der Waals surface area contributed by atoms with E-state index in [1.807, 2.05) is 30.3 Å². The summed E-state index contributed by atoms with van der Waals surface area (Å²) in [4.78, 5) is 0.777. The molecule has 0 radical (unpaired) electrons. The Bertz CT molecular complexity index is 532. The van der Waals surface area contributed by atoms with Gasteiger partial charge in [0.05, 0.1) is 5.56 Å². The molecule has 0 aliphatic rings. The van der Waals surface area contributed by atoms with Crippen LogP contribution in [0.5, 0.6) is 0 Å². The second-order valence-corrected chi connectivity index (χ2v) is 4.88. The van der Waals surface area contributed by atoms with Gasteiger partial charge < -0.3 is 11.1 Å². The fourth-order valence-corrected chi connectivity index (χ4v) is 2.51. The SMILES string of the molecule is N=Cc1c(N)cc(SCc2ccccc2)cc1F. The maximum atomic E-state index is 13.6. The number of benzene rings is 2. The van der Waals surface area contributed by atoms with Gasteiger partial charge in [0.15, 0.2) is 0 Å². The van der Waals surface area contributed by atoms with Crippen LogP contribution in [0.15, 0.2) is 47.4 Å². The van der Waals surface area contributed by atoms with Crippen molar-refractivity contribution in [3.8, 4) is 0 Å². The first-order chi connectivity index (χ1) is 8.70. The minimum absolute atomic E-state index is 0.152. The van der Waals surface area contributed by atoms with E-state index in [1.165, 1.54) is 23.4 Å². The highest BCUT2D eigenvalue weighted by Gasteiger charge is 2.07. The molecular weight excluding hydrogens is 247 g/mol. The minimum Gasteiger partial charge on any atom is -0.398 e. The first kappa shape index (κ1) is 12.6. The Balaban J connectivity index is 2.13. The lowest BCUT2D eigenvalue weighted by Crippen LogP contribution is -1.97. The quantitative estimate of drug-likeness (QED) is 0.500. The van der Waals surface area contributed by atoms with Crippen LogP contribution in [0.1, 0.15) is 11.1 Å². The summed E-state index contributed by atoms with van der Waals surface area (Å²) < 4.78 is 13.6. The molecule has 0 saturated carbocycles. The average molecular weight is 260 g/mol. The molecule has 2 nitrogen and oxygen atoms in total. The molecule has 0 aliphatic carbocycles. The molecule has 0 atom stereocenters. The van der Waals surface area contributed by atoms with Crippen molar-refractivity contribution in [2.45, 2.75) is 10.6 Å². The number of nitrogens with one attached hydrogen (secondary N) is 1. The van der Waals surface area contributed by atoms with Crippen LogP contribution in [0, 0.1) is 11.2 Å². The molecule has 4 heteroatoms. The number of halogens is 1. The number of anilines is 1. The highest BCUT2D eigenvalue weighted by Crippen LogP contribution is 2.27. The molecule has 0 aliphatic heterocycles. The Morgan fingerprint density at radius 2 is 1.94 bits per heavy atom. The van der Waals surface area contributed by atoms with E-state index in [-0.39, 0.29) is 5.56 Å². The van der Waals surface area contributed by atoms with Crippen molar-refractivity contribution in [3.05, 3.63) is 59.4 Å². The van der Waals surface area contributed by atoms with Gasteiger partial charge in [-0.2, -0.15) is 0 Å². The monoisotopic (exact) mass is 260 g/mol. The Morgan fingerprint density at radius 3 is 2.56 bits per heavy atom. The molecule has 0 fully saturated rings. The van der Waals surface area contributed by atoms with E-state index in [2.05, 4.69) is 0 Å². The summed E-state index contributed by atoms with van der Waals surface area (Å²) in [5.41, 5.74) is 7.33. The van der Waals surface area contributed by atoms with Crippen molar-refractivity contribution in [1.82, 2.24) is 0 Å². The topological polar surface area (TPSA) is 49.9 Å². The van der Waals surface area contributed by atoms with Crippen molar-refractivity contribution in [2.75, 3.05) is 5.73 Å². The van der Waals surface area contributed by atoms with Gasteiger partial charge in [-0.3, -0.25) is 0 Å². The predicted molar refractivity (Wildman–Crippen MR) is 74.7 cm³/mol. The molecule has 3 N–H and O–H groups in total. The molecule has 0 spiro atoms. The van der Waals surface area contributed by atoms with E-state index in [9.17, 15) is 4.39 Å². The third kappa shape index (κ3) is 2.90. The van der Waals surface area contributed by atoms with Gasteiger partial charge in [0, 0.05) is 22.6 Å². The van der Waals surface area contributed by atoms with Crippen LogP contribution in [-0.2, 0) is 5.75 Å². The summed E-state index contributed by atoms with van der Waals surface area (Å²) in [6.45, 7) is 0. The summed E-state index contributed by atoms with van der Waals surface area (Å²) in [6.07, 6.45) is 0.941. The number of rotatable bonds is 4. The van der Waals surface area contributed by atoms with E-state index in [4.69, 9.17) is 11.1 Å². The maximum absolute atomic E-state index is 13.6. The van der Waals surface area contributed by atoms with E-state index in [0.29, 0.717) is 5.69 Å². The van der Waals surface area contributed by atoms with Crippen LogP contribution in [-0.4, -0.2) is 6.21 Å². The summed E-state index contributed by atoms with van der Waals surface area (Å²) in [6, 6.07) is 13.1. The molecule has 0 unspecified atom stereocenters. The van der Waals surface area contributed by atoms with Gasteiger partial charge in [0.1, 0.15) is 5.82 Å². The van der Waals surface area contributed by atoms with Crippen LogP contribution in [0.2, 0.25) is 0 Å². The lowest BCUT2D eigenvalue weighted by molar-refractivity contribution is 0.623. The number of hydrogen-bond acceptors (Lipinski definition) is 3. The first-order valence-electron chi connectivity index (χ1n) is 5.47. The average Bonchev–Trinajstić information content (AvgIpc) is 2.37. The zero-order valence-corrected chi connectivity index (χ0v) is 10.5. The molecule has 0 aromatic heterocycles. The second kappa shape index (κ2) is 5.69. The summed E-state index contributed by atoms with van der Waals surface area (Å²) in [5, 5.41) is 7.08. The highest BCUT2D eigenvalue weighted by atomic mass is 32.2. The maximum Gasteiger partial charge on any atom is 0.135 e. The molecule has 0 saturated heterocycles. The molecule has 0 bridgehead atoms. The predicted octanol–water partition coefficient (Wildman–Crippen LogP) is 3.70. The van der Waals surface area contributed by atoms with Gasteiger partial charge in [-0.05, 0) is 17.7 Å². The number of thioether (sulfide) groups is 1. The van der Waals surface area contributed by atoms with E-state index < -0.39 is 5.82 Å². The van der Waals surface area contributed by atoms with Gasteiger partial charge in [0.2, 0.25) is 0 Å². The summed E-state index contributed by atoms with van der Waals surface area (Å²) in [7, 11) is 0. The summed E-state index contributed by atoms with van der Waals surface area (Å²) in [5.74, 6) is 0.324. The number of nitrogen functional groups attached to an aromatic ring is 1. The van der Waals surface area contributed by atoms with Crippen LogP contribution < -0.4 is 5.73 Å². The lowest BCUT2D eigenvalue weighted by atomic mass is 10.2. The molecule has 2 aromatic rings. The first-order valence-corrected chi connectivity index (χ1v) is 6.45. The van der Waals surface area contributed by atoms with Crippen LogP contribution >= 0.6 is 11.8 Å². The van der Waals surface area contributed by atoms with Crippen LogP contribution in [0.25, 0.3) is 0 Å². The van der Waals surface area contributed by atoms with Crippen molar-refractivity contribution in [1.29, 1.82) is 5.41 Å². The summed E-state index contributed by atoms with van der Waals surface area (Å²) >= 11 is 1.53. The largest absolute Gasteiger partial charge is 0.398 e. The van der Waals surface area contributed by atoms with Crippen molar-refractivity contribution in [3.63, 3.8) is 0 Å². The third-order valence-electron chi connectivity index (χ3n) is 2.53. The van der Waals surface area contributed by atoms with Crippen molar-refractivity contribution >= 4 is 23.7 Å². The second-order valence-electron chi connectivity index (χ2n) is 3.83. The third-order valence-corrected chi connectivity index (χ3v) is 3.57. The van der Waals surface area contributed by atoms with Gasteiger partial charge in [-0.1, -0.05) is 30.3 Å². The highest BCUT2D eigenvalue weighted by molar-refractivity contribution is 7.98. The van der Waals surface area contributed by atoms with Crippen LogP contribution in [0.3, 0.4) is 0 Å². The molecule has 0 amide bonds. The Kier molecular flexibility index (Phi) is 3.99. The van der Waals surface area contributed by atoms with E-state index in [1.54, 1.807) is 6.07 Å². The van der Waals surface area contributed by atoms with Gasteiger partial charge in [-0.25, -0.2) is 4.39 Å². The normalized spacial score (nSPS) is 10.3. The van der Waals surface area contributed by atoms with Gasteiger partial charge in [0.25, 0.3) is 0 Å². The molecule has 2 aromatic carbocycles. The van der Waals surface area contributed by atoms with Gasteiger partial charge in [-0.15, -0.1) is 11.8 Å². The zero-order valence-electron chi connectivity index (χ0n) is 9.69. The number of nitrogens with two attached hydrogens (primary N) is 1. The lowest BCUT2D eigenvalue weighted by Gasteiger charge is -2.06. The molecule has 0 heterocycles. The minimum atomic E-state index is -0.444. The number of hydrogen-bond donors (Lipinski definition) is 2. The zero-order chi connectivity index (χ0) is 13.0. The fraction of sp³-hybridized carbons (Fsp3) is 0.0714.